The molecule has 3 nitrogen and oxygen atoms in total. The van der Waals surface area contributed by atoms with Crippen molar-refractivity contribution in [3.63, 3.8) is 0 Å². The lowest BCUT2D eigenvalue weighted by molar-refractivity contribution is 0.103. The van der Waals surface area contributed by atoms with Crippen molar-refractivity contribution in [3.8, 4) is 5.75 Å². The lowest BCUT2D eigenvalue weighted by Crippen LogP contribution is -2.20. The van der Waals surface area contributed by atoms with Crippen molar-refractivity contribution >= 4 is 11.5 Å². The molecule has 2 aromatic carbocycles. The molecule has 1 aliphatic rings. The van der Waals surface area contributed by atoms with Gasteiger partial charge in [0, 0.05) is 12.1 Å². The molecule has 0 saturated heterocycles. The van der Waals surface area contributed by atoms with Crippen LogP contribution in [0, 0.1) is 13.8 Å². The summed E-state index contributed by atoms with van der Waals surface area (Å²) in [6.45, 7) is 5.42. The quantitative estimate of drug-likeness (QED) is 0.848. The van der Waals surface area contributed by atoms with Gasteiger partial charge in [0.25, 0.3) is 0 Å². The van der Waals surface area contributed by atoms with E-state index >= 15 is 0 Å². The highest BCUT2D eigenvalue weighted by molar-refractivity contribution is 6.11. The van der Waals surface area contributed by atoms with E-state index in [0.717, 1.165) is 17.8 Å². The van der Waals surface area contributed by atoms with Gasteiger partial charge in [-0.25, -0.2) is 0 Å². The molecule has 1 aliphatic heterocycles. The molecule has 3 rings (SSSR count). The molecule has 0 atom stereocenters. The Kier molecular flexibility index (Phi) is 3.18. The summed E-state index contributed by atoms with van der Waals surface area (Å²) >= 11 is 0. The third-order valence-corrected chi connectivity index (χ3v) is 3.69. The fraction of sp³-hybridized carbons (Fsp3) is 0.235. The van der Waals surface area contributed by atoms with Gasteiger partial charge < -0.3 is 10.1 Å². The molecule has 2 aromatic rings. The van der Waals surface area contributed by atoms with E-state index in [4.69, 9.17) is 4.74 Å². The van der Waals surface area contributed by atoms with Crippen molar-refractivity contribution in [2.45, 2.75) is 13.8 Å². The Hall–Kier alpha value is -2.29. The van der Waals surface area contributed by atoms with E-state index in [1.165, 1.54) is 5.56 Å². The molecule has 102 valence electrons. The van der Waals surface area contributed by atoms with Gasteiger partial charge in [0.1, 0.15) is 6.61 Å². The Labute approximate surface area is 118 Å². The Morgan fingerprint density at radius 3 is 2.80 bits per heavy atom. The number of benzene rings is 2. The van der Waals surface area contributed by atoms with Gasteiger partial charge in [0.2, 0.25) is 0 Å². The molecule has 3 heteroatoms. The van der Waals surface area contributed by atoms with Crippen molar-refractivity contribution in [1.29, 1.82) is 0 Å². The topological polar surface area (TPSA) is 38.3 Å². The number of anilines is 1. The summed E-state index contributed by atoms with van der Waals surface area (Å²) in [7, 11) is 0. The second-order valence-corrected chi connectivity index (χ2v) is 5.09. The summed E-state index contributed by atoms with van der Waals surface area (Å²) in [6.07, 6.45) is 0. The monoisotopic (exact) mass is 267 g/mol. The first-order valence-corrected chi connectivity index (χ1v) is 6.78. The van der Waals surface area contributed by atoms with Gasteiger partial charge in [0.15, 0.2) is 11.5 Å². The van der Waals surface area contributed by atoms with Crippen LogP contribution in [0.4, 0.5) is 5.69 Å². The van der Waals surface area contributed by atoms with Crippen LogP contribution in [-0.2, 0) is 0 Å². The van der Waals surface area contributed by atoms with Crippen LogP contribution in [0.1, 0.15) is 27.0 Å². The molecule has 0 unspecified atom stereocenters. The summed E-state index contributed by atoms with van der Waals surface area (Å²) in [6, 6.07) is 11.4. The Bertz CT molecular complexity index is 677. The van der Waals surface area contributed by atoms with Crippen LogP contribution < -0.4 is 10.1 Å². The van der Waals surface area contributed by atoms with E-state index < -0.39 is 0 Å². The summed E-state index contributed by atoms with van der Waals surface area (Å²) in [5.74, 6) is 0.677. The summed E-state index contributed by atoms with van der Waals surface area (Å²) < 4.78 is 5.67. The molecule has 0 spiro atoms. The van der Waals surface area contributed by atoms with E-state index in [-0.39, 0.29) is 5.78 Å². The molecule has 1 N–H and O–H groups in total. The molecule has 0 radical (unpaired) electrons. The Morgan fingerprint density at radius 1 is 1.15 bits per heavy atom. The highest BCUT2D eigenvalue weighted by atomic mass is 16.5. The van der Waals surface area contributed by atoms with Gasteiger partial charge in [0.05, 0.1) is 11.3 Å². The van der Waals surface area contributed by atoms with E-state index in [9.17, 15) is 4.79 Å². The molecule has 1 heterocycles. The van der Waals surface area contributed by atoms with Crippen LogP contribution in [0.15, 0.2) is 36.4 Å². The molecule has 0 fully saturated rings. The zero-order valence-electron chi connectivity index (χ0n) is 11.7. The van der Waals surface area contributed by atoms with Crippen LogP contribution in [0.2, 0.25) is 0 Å². The number of hydrogen-bond acceptors (Lipinski definition) is 3. The number of ether oxygens (including phenoxy) is 1. The average Bonchev–Trinajstić information content (AvgIpc) is 2.49. The van der Waals surface area contributed by atoms with E-state index in [2.05, 4.69) is 5.32 Å². The smallest absolute Gasteiger partial charge is 0.196 e. The van der Waals surface area contributed by atoms with Crippen molar-refractivity contribution in [2.75, 3.05) is 18.5 Å². The zero-order valence-corrected chi connectivity index (χ0v) is 11.7. The molecule has 20 heavy (non-hydrogen) atoms. The number of carbonyl (C=O) groups is 1. The number of nitrogens with one attached hydrogen (secondary N) is 1. The number of rotatable bonds is 2. The second-order valence-electron chi connectivity index (χ2n) is 5.09. The maximum atomic E-state index is 12.7. The van der Waals surface area contributed by atoms with Crippen molar-refractivity contribution in [3.05, 3.63) is 58.7 Å². The first kappa shape index (κ1) is 12.7. The van der Waals surface area contributed by atoms with Crippen LogP contribution in [0.3, 0.4) is 0 Å². The maximum Gasteiger partial charge on any atom is 0.196 e. The largest absolute Gasteiger partial charge is 0.489 e. The minimum Gasteiger partial charge on any atom is -0.489 e. The van der Waals surface area contributed by atoms with Crippen molar-refractivity contribution < 1.29 is 9.53 Å². The third kappa shape index (κ3) is 2.16. The van der Waals surface area contributed by atoms with Crippen LogP contribution in [-0.4, -0.2) is 18.9 Å². The Morgan fingerprint density at radius 2 is 2.00 bits per heavy atom. The number of fused-ring (bicyclic) bond motifs is 1. The average molecular weight is 267 g/mol. The maximum absolute atomic E-state index is 12.7. The second kappa shape index (κ2) is 5.00. The number of aryl methyl sites for hydroxylation is 2. The standard InChI is InChI=1S/C17H17NO2/c1-11-6-7-13(10-12(11)2)16(19)14-4-3-5-15-17(14)20-9-8-18-15/h3-7,10,18H,8-9H2,1-2H3. The fourth-order valence-corrected chi connectivity index (χ4v) is 2.39. The molecule has 0 saturated carbocycles. The molecule has 0 amide bonds. The molecular weight excluding hydrogens is 250 g/mol. The molecule has 0 bridgehead atoms. The normalized spacial score (nSPS) is 13.1. The van der Waals surface area contributed by atoms with Gasteiger partial charge in [-0.05, 0) is 43.2 Å². The van der Waals surface area contributed by atoms with Gasteiger partial charge in [-0.2, -0.15) is 0 Å². The highest BCUT2D eigenvalue weighted by Crippen LogP contribution is 2.32. The SMILES string of the molecule is Cc1ccc(C(=O)c2cccc3c2OCCN3)cc1C. The molecule has 0 aliphatic carbocycles. The van der Waals surface area contributed by atoms with E-state index in [1.807, 2.05) is 50.2 Å². The predicted octanol–water partition coefficient (Wildman–Crippen LogP) is 3.34. The minimum absolute atomic E-state index is 0.00801. The zero-order chi connectivity index (χ0) is 14.1. The first-order valence-electron chi connectivity index (χ1n) is 6.78. The summed E-state index contributed by atoms with van der Waals surface area (Å²) in [5, 5.41) is 3.25. The third-order valence-electron chi connectivity index (χ3n) is 3.69. The lowest BCUT2D eigenvalue weighted by atomic mass is 9.98. The summed E-state index contributed by atoms with van der Waals surface area (Å²) in [5.41, 5.74) is 4.54. The number of para-hydroxylation sites is 1. The van der Waals surface area contributed by atoms with Crippen molar-refractivity contribution in [1.82, 2.24) is 0 Å². The molecule has 0 aromatic heterocycles. The summed E-state index contributed by atoms with van der Waals surface area (Å²) in [4.78, 5) is 12.7. The van der Waals surface area contributed by atoms with Gasteiger partial charge in [-0.15, -0.1) is 0 Å². The van der Waals surface area contributed by atoms with Crippen LogP contribution in [0.5, 0.6) is 5.75 Å². The highest BCUT2D eigenvalue weighted by Gasteiger charge is 2.20. The lowest BCUT2D eigenvalue weighted by Gasteiger charge is -2.21. The van der Waals surface area contributed by atoms with Crippen LogP contribution >= 0.6 is 0 Å². The van der Waals surface area contributed by atoms with Crippen molar-refractivity contribution in [2.24, 2.45) is 0 Å². The predicted molar refractivity (Wildman–Crippen MR) is 79.8 cm³/mol. The molecular formula is C17H17NO2. The van der Waals surface area contributed by atoms with Gasteiger partial charge >= 0.3 is 0 Å². The number of hydrogen-bond donors (Lipinski definition) is 1. The van der Waals surface area contributed by atoms with Gasteiger partial charge in [-0.1, -0.05) is 18.2 Å². The van der Waals surface area contributed by atoms with E-state index in [0.29, 0.717) is 23.5 Å². The first-order chi connectivity index (χ1) is 9.66. The minimum atomic E-state index is 0.00801. The number of carbonyl (C=O) groups excluding carboxylic acids is 1. The fourth-order valence-electron chi connectivity index (χ4n) is 2.39. The van der Waals surface area contributed by atoms with E-state index in [1.54, 1.807) is 0 Å². The number of ketones is 1. The Balaban J connectivity index is 2.04. The van der Waals surface area contributed by atoms with Gasteiger partial charge in [-0.3, -0.25) is 4.79 Å². The van der Waals surface area contributed by atoms with Crippen LogP contribution in [0.25, 0.3) is 0 Å².